The molecule has 0 radical (unpaired) electrons. The highest BCUT2D eigenvalue weighted by Crippen LogP contribution is 2.17. The molecule has 2 amide bonds. The van der Waals surface area contributed by atoms with Crippen molar-refractivity contribution in [2.45, 2.75) is 12.5 Å². The van der Waals surface area contributed by atoms with Gasteiger partial charge in [0.15, 0.2) is 0 Å². The van der Waals surface area contributed by atoms with Crippen LogP contribution in [0.5, 0.6) is 0 Å². The first-order valence-electron chi connectivity index (χ1n) is 6.57. The summed E-state index contributed by atoms with van der Waals surface area (Å²) in [6.45, 7) is 2.09. The van der Waals surface area contributed by atoms with Crippen LogP contribution >= 0.6 is 0 Å². The second-order valence-electron chi connectivity index (χ2n) is 4.61. The van der Waals surface area contributed by atoms with Gasteiger partial charge in [-0.05, 0) is 5.56 Å². The van der Waals surface area contributed by atoms with E-state index < -0.39 is 12.0 Å². The van der Waals surface area contributed by atoms with Crippen molar-refractivity contribution < 1.29 is 19.4 Å². The Morgan fingerprint density at radius 1 is 1.25 bits per heavy atom. The molecule has 0 saturated carbocycles. The summed E-state index contributed by atoms with van der Waals surface area (Å²) in [5.41, 5.74) is 0.788. The summed E-state index contributed by atoms with van der Waals surface area (Å²) in [4.78, 5) is 24.7. The number of morpholine rings is 1. The first-order chi connectivity index (χ1) is 9.66. The predicted octanol–water partition coefficient (Wildman–Crippen LogP) is 1.24. The third-order valence-electron chi connectivity index (χ3n) is 3.18. The van der Waals surface area contributed by atoms with Gasteiger partial charge in [0.1, 0.15) is 0 Å². The SMILES string of the molecule is O=C(O)C[C@@H](NC(=O)N1CCOCC1)c1ccccc1. The van der Waals surface area contributed by atoms with Crippen LogP contribution in [0.3, 0.4) is 0 Å². The minimum absolute atomic E-state index is 0.139. The predicted molar refractivity (Wildman–Crippen MR) is 72.4 cm³/mol. The Morgan fingerprint density at radius 2 is 1.90 bits per heavy atom. The van der Waals surface area contributed by atoms with Gasteiger partial charge in [-0.25, -0.2) is 4.79 Å². The lowest BCUT2D eigenvalue weighted by Gasteiger charge is -2.29. The molecule has 1 heterocycles. The van der Waals surface area contributed by atoms with Crippen molar-refractivity contribution in [3.63, 3.8) is 0 Å². The summed E-state index contributed by atoms with van der Waals surface area (Å²) in [7, 11) is 0. The van der Waals surface area contributed by atoms with Gasteiger partial charge in [-0.1, -0.05) is 30.3 Å². The van der Waals surface area contributed by atoms with Crippen molar-refractivity contribution in [2.75, 3.05) is 26.3 Å². The average molecular weight is 278 g/mol. The average Bonchev–Trinajstić information content (AvgIpc) is 2.48. The molecule has 20 heavy (non-hydrogen) atoms. The van der Waals surface area contributed by atoms with E-state index in [0.717, 1.165) is 5.56 Å². The van der Waals surface area contributed by atoms with Gasteiger partial charge in [-0.2, -0.15) is 0 Å². The van der Waals surface area contributed by atoms with E-state index in [1.165, 1.54) is 0 Å². The number of carbonyl (C=O) groups excluding carboxylic acids is 1. The molecular weight excluding hydrogens is 260 g/mol. The van der Waals surface area contributed by atoms with Crippen molar-refractivity contribution in [1.82, 2.24) is 10.2 Å². The maximum absolute atomic E-state index is 12.1. The molecule has 1 atom stereocenters. The van der Waals surface area contributed by atoms with E-state index in [0.29, 0.717) is 26.3 Å². The Hall–Kier alpha value is -2.08. The number of aliphatic carboxylic acids is 1. The molecule has 1 fully saturated rings. The molecule has 0 aliphatic carbocycles. The molecule has 108 valence electrons. The van der Waals surface area contributed by atoms with Gasteiger partial charge in [0.2, 0.25) is 0 Å². The van der Waals surface area contributed by atoms with E-state index in [2.05, 4.69) is 5.32 Å². The van der Waals surface area contributed by atoms with E-state index in [-0.39, 0.29) is 12.5 Å². The molecule has 6 nitrogen and oxygen atoms in total. The third kappa shape index (κ3) is 3.96. The molecule has 2 N–H and O–H groups in total. The molecule has 2 rings (SSSR count). The van der Waals surface area contributed by atoms with Crippen molar-refractivity contribution in [2.24, 2.45) is 0 Å². The number of carboxylic acids is 1. The molecule has 0 spiro atoms. The lowest BCUT2D eigenvalue weighted by molar-refractivity contribution is -0.137. The fourth-order valence-corrected chi connectivity index (χ4v) is 2.12. The number of carboxylic acid groups (broad SMARTS) is 1. The first-order valence-corrected chi connectivity index (χ1v) is 6.57. The number of urea groups is 1. The summed E-state index contributed by atoms with van der Waals surface area (Å²) in [5, 5.41) is 11.8. The molecule has 0 aromatic heterocycles. The van der Waals surface area contributed by atoms with Crippen LogP contribution in [0.2, 0.25) is 0 Å². The highest BCUT2D eigenvalue weighted by molar-refractivity contribution is 5.76. The Kier molecular flexibility index (Phi) is 4.95. The largest absolute Gasteiger partial charge is 0.481 e. The van der Waals surface area contributed by atoms with Gasteiger partial charge in [0, 0.05) is 13.1 Å². The lowest BCUT2D eigenvalue weighted by Crippen LogP contribution is -2.47. The van der Waals surface area contributed by atoms with E-state index in [9.17, 15) is 9.59 Å². The fraction of sp³-hybridized carbons (Fsp3) is 0.429. The molecule has 1 aromatic rings. The van der Waals surface area contributed by atoms with Crippen LogP contribution in [0.4, 0.5) is 4.79 Å². The second kappa shape index (κ2) is 6.91. The lowest BCUT2D eigenvalue weighted by atomic mass is 10.0. The number of carbonyl (C=O) groups is 2. The van der Waals surface area contributed by atoms with Gasteiger partial charge in [0.25, 0.3) is 0 Å². The molecule has 0 unspecified atom stereocenters. The van der Waals surface area contributed by atoms with Crippen molar-refractivity contribution in [3.05, 3.63) is 35.9 Å². The molecule has 1 aromatic carbocycles. The molecule has 1 saturated heterocycles. The second-order valence-corrected chi connectivity index (χ2v) is 4.61. The molecular formula is C14H18N2O4. The zero-order chi connectivity index (χ0) is 14.4. The summed E-state index contributed by atoms with van der Waals surface area (Å²) in [6, 6.07) is 8.36. The minimum Gasteiger partial charge on any atom is -0.481 e. The monoisotopic (exact) mass is 278 g/mol. The number of benzene rings is 1. The minimum atomic E-state index is -0.943. The van der Waals surface area contributed by atoms with Crippen molar-refractivity contribution in [3.8, 4) is 0 Å². The number of amides is 2. The van der Waals surface area contributed by atoms with Gasteiger partial charge in [0.05, 0.1) is 25.7 Å². The van der Waals surface area contributed by atoms with Crippen LogP contribution in [-0.4, -0.2) is 48.3 Å². The van der Waals surface area contributed by atoms with Crippen LogP contribution < -0.4 is 5.32 Å². The Labute approximate surface area is 117 Å². The van der Waals surface area contributed by atoms with Crippen LogP contribution in [0.15, 0.2) is 30.3 Å². The number of ether oxygens (including phenoxy) is 1. The van der Waals surface area contributed by atoms with Crippen LogP contribution in [0.25, 0.3) is 0 Å². The van der Waals surface area contributed by atoms with Crippen LogP contribution in [-0.2, 0) is 9.53 Å². The first kappa shape index (κ1) is 14.3. The number of nitrogens with zero attached hydrogens (tertiary/aromatic N) is 1. The highest BCUT2D eigenvalue weighted by atomic mass is 16.5. The van der Waals surface area contributed by atoms with E-state index >= 15 is 0 Å². The quantitative estimate of drug-likeness (QED) is 0.868. The number of nitrogens with one attached hydrogen (secondary N) is 1. The third-order valence-corrected chi connectivity index (χ3v) is 3.18. The standard InChI is InChI=1S/C14H18N2O4/c17-13(18)10-12(11-4-2-1-3-5-11)15-14(19)16-6-8-20-9-7-16/h1-5,12H,6-10H2,(H,15,19)(H,17,18)/t12-/m1/s1. The van der Waals surface area contributed by atoms with Gasteiger partial charge >= 0.3 is 12.0 Å². The van der Waals surface area contributed by atoms with Crippen LogP contribution in [0, 0.1) is 0 Å². The topological polar surface area (TPSA) is 78.9 Å². The number of rotatable bonds is 4. The van der Waals surface area contributed by atoms with Crippen LogP contribution in [0.1, 0.15) is 18.0 Å². The highest BCUT2D eigenvalue weighted by Gasteiger charge is 2.22. The molecule has 0 bridgehead atoms. The molecule has 6 heteroatoms. The fourth-order valence-electron chi connectivity index (χ4n) is 2.12. The zero-order valence-electron chi connectivity index (χ0n) is 11.1. The Bertz CT molecular complexity index is 458. The molecule has 1 aliphatic rings. The van der Waals surface area contributed by atoms with E-state index in [4.69, 9.17) is 9.84 Å². The van der Waals surface area contributed by atoms with E-state index in [1.807, 2.05) is 30.3 Å². The Morgan fingerprint density at radius 3 is 2.50 bits per heavy atom. The molecule has 1 aliphatic heterocycles. The number of hydrogen-bond donors (Lipinski definition) is 2. The number of hydrogen-bond acceptors (Lipinski definition) is 3. The summed E-state index contributed by atoms with van der Waals surface area (Å²) < 4.78 is 5.19. The smallest absolute Gasteiger partial charge is 0.318 e. The maximum Gasteiger partial charge on any atom is 0.318 e. The summed E-state index contributed by atoms with van der Waals surface area (Å²) >= 11 is 0. The zero-order valence-corrected chi connectivity index (χ0v) is 11.1. The Balaban J connectivity index is 2.03. The van der Waals surface area contributed by atoms with Gasteiger partial charge < -0.3 is 20.1 Å². The maximum atomic E-state index is 12.1. The van der Waals surface area contributed by atoms with Gasteiger partial charge in [-0.15, -0.1) is 0 Å². The normalized spacial score (nSPS) is 16.5. The summed E-state index contributed by atoms with van der Waals surface area (Å²) in [5.74, 6) is -0.943. The van der Waals surface area contributed by atoms with E-state index in [1.54, 1.807) is 4.90 Å². The van der Waals surface area contributed by atoms with Crippen molar-refractivity contribution in [1.29, 1.82) is 0 Å². The summed E-state index contributed by atoms with van der Waals surface area (Å²) in [6.07, 6.45) is -0.139. The van der Waals surface area contributed by atoms with Crippen molar-refractivity contribution >= 4 is 12.0 Å². The van der Waals surface area contributed by atoms with Gasteiger partial charge in [-0.3, -0.25) is 4.79 Å².